The van der Waals surface area contributed by atoms with E-state index in [4.69, 9.17) is 9.47 Å². The maximum absolute atomic E-state index is 5.43. The fraction of sp³-hybridized carbons (Fsp3) is 0.250. The van der Waals surface area contributed by atoms with Crippen LogP contribution in [0.15, 0.2) is 59.4 Å². The summed E-state index contributed by atoms with van der Waals surface area (Å²) in [6.45, 7) is 0.746. The topological polar surface area (TPSA) is 43.4 Å². The molecular formula is C20H22N2O2S. The average molecular weight is 354 g/mol. The Morgan fingerprint density at radius 2 is 1.84 bits per heavy atom. The molecule has 1 atom stereocenters. The molecule has 1 aromatic heterocycles. The Labute approximate surface area is 152 Å². The first-order valence-electron chi connectivity index (χ1n) is 8.16. The normalized spacial score (nSPS) is 11.9. The first kappa shape index (κ1) is 17.5. The van der Waals surface area contributed by atoms with Gasteiger partial charge in [0.15, 0.2) is 11.5 Å². The molecule has 1 heterocycles. The number of rotatable bonds is 8. The summed E-state index contributed by atoms with van der Waals surface area (Å²) < 4.78 is 10.8. The second kappa shape index (κ2) is 8.65. The molecule has 1 N–H and O–H groups in total. The van der Waals surface area contributed by atoms with Crippen LogP contribution in [0.2, 0.25) is 0 Å². The van der Waals surface area contributed by atoms with E-state index in [0.717, 1.165) is 30.2 Å². The fourth-order valence-electron chi connectivity index (χ4n) is 2.79. The van der Waals surface area contributed by atoms with Crippen LogP contribution in [0.25, 0.3) is 0 Å². The van der Waals surface area contributed by atoms with E-state index in [2.05, 4.69) is 46.0 Å². The zero-order valence-electron chi connectivity index (χ0n) is 14.4. The summed E-state index contributed by atoms with van der Waals surface area (Å²) >= 11 is 1.62. The van der Waals surface area contributed by atoms with Crippen molar-refractivity contribution in [3.63, 3.8) is 0 Å². The molecule has 2 aromatic carbocycles. The number of thiazole rings is 1. The highest BCUT2D eigenvalue weighted by Crippen LogP contribution is 2.29. The lowest BCUT2D eigenvalue weighted by Crippen LogP contribution is -2.23. The van der Waals surface area contributed by atoms with E-state index in [9.17, 15) is 0 Å². The quantitative estimate of drug-likeness (QED) is 0.657. The molecule has 0 radical (unpaired) electrons. The van der Waals surface area contributed by atoms with Crippen molar-refractivity contribution in [1.82, 2.24) is 10.3 Å². The highest BCUT2D eigenvalue weighted by Gasteiger charge is 2.14. The lowest BCUT2D eigenvalue weighted by molar-refractivity contribution is 0.354. The molecule has 0 spiro atoms. The zero-order chi connectivity index (χ0) is 17.5. The molecule has 130 valence electrons. The number of nitrogens with zero attached hydrogens (tertiary/aromatic N) is 1. The van der Waals surface area contributed by atoms with E-state index in [0.29, 0.717) is 0 Å². The number of ether oxygens (including phenoxy) is 2. The van der Waals surface area contributed by atoms with Gasteiger partial charge in [0, 0.05) is 18.0 Å². The molecule has 5 heteroatoms. The molecule has 0 saturated heterocycles. The van der Waals surface area contributed by atoms with Gasteiger partial charge in [-0.25, -0.2) is 4.98 Å². The highest BCUT2D eigenvalue weighted by atomic mass is 32.1. The molecule has 3 aromatic rings. The molecular weight excluding hydrogens is 332 g/mol. The summed E-state index contributed by atoms with van der Waals surface area (Å²) in [5.74, 6) is 1.50. The molecule has 0 aliphatic carbocycles. The van der Waals surface area contributed by atoms with Crippen LogP contribution in [0.4, 0.5) is 0 Å². The van der Waals surface area contributed by atoms with Crippen molar-refractivity contribution in [2.45, 2.75) is 19.0 Å². The molecule has 3 rings (SSSR count). The fourth-order valence-corrected chi connectivity index (χ4v) is 3.35. The summed E-state index contributed by atoms with van der Waals surface area (Å²) in [5, 5.41) is 5.70. The third-order valence-electron chi connectivity index (χ3n) is 4.10. The van der Waals surface area contributed by atoms with Gasteiger partial charge in [-0.3, -0.25) is 0 Å². The van der Waals surface area contributed by atoms with E-state index in [-0.39, 0.29) is 6.04 Å². The summed E-state index contributed by atoms with van der Waals surface area (Å²) in [6, 6.07) is 16.8. The van der Waals surface area contributed by atoms with E-state index in [1.165, 1.54) is 11.1 Å². The van der Waals surface area contributed by atoms with Crippen LogP contribution in [0, 0.1) is 0 Å². The number of hydrogen-bond acceptors (Lipinski definition) is 5. The Balaban J connectivity index is 1.79. The van der Waals surface area contributed by atoms with Gasteiger partial charge in [0.05, 0.1) is 25.4 Å². The monoisotopic (exact) mass is 354 g/mol. The maximum Gasteiger partial charge on any atom is 0.160 e. The van der Waals surface area contributed by atoms with Gasteiger partial charge in [-0.2, -0.15) is 0 Å². The van der Waals surface area contributed by atoms with Gasteiger partial charge in [-0.05, 0) is 29.7 Å². The van der Waals surface area contributed by atoms with Gasteiger partial charge >= 0.3 is 0 Å². The molecule has 0 bridgehead atoms. The van der Waals surface area contributed by atoms with Crippen molar-refractivity contribution in [2.24, 2.45) is 0 Å². The molecule has 1 unspecified atom stereocenters. The van der Waals surface area contributed by atoms with Crippen LogP contribution in [0.5, 0.6) is 11.5 Å². The summed E-state index contributed by atoms with van der Waals surface area (Å²) in [6.07, 6.45) is 0.856. The van der Waals surface area contributed by atoms with Crippen LogP contribution >= 0.6 is 11.3 Å². The molecule has 0 aliphatic rings. The molecule has 25 heavy (non-hydrogen) atoms. The third-order valence-corrected chi connectivity index (χ3v) is 4.74. The molecule has 0 saturated carbocycles. The van der Waals surface area contributed by atoms with Gasteiger partial charge in [0.25, 0.3) is 0 Å². The van der Waals surface area contributed by atoms with Crippen molar-refractivity contribution >= 4 is 11.3 Å². The van der Waals surface area contributed by atoms with Crippen molar-refractivity contribution in [3.05, 3.63) is 76.2 Å². The second-order valence-electron chi connectivity index (χ2n) is 5.72. The second-order valence-corrected chi connectivity index (χ2v) is 6.44. The Kier molecular flexibility index (Phi) is 6.04. The maximum atomic E-state index is 5.43. The summed E-state index contributed by atoms with van der Waals surface area (Å²) in [4.78, 5) is 4.36. The Hall–Kier alpha value is -2.37. The van der Waals surface area contributed by atoms with Crippen LogP contribution in [0.3, 0.4) is 0 Å². The Bertz CT molecular complexity index is 776. The third kappa shape index (κ3) is 4.59. The first-order chi connectivity index (χ1) is 12.3. The predicted molar refractivity (Wildman–Crippen MR) is 101 cm³/mol. The smallest absolute Gasteiger partial charge is 0.160 e. The zero-order valence-corrected chi connectivity index (χ0v) is 15.3. The lowest BCUT2D eigenvalue weighted by Gasteiger charge is -2.20. The van der Waals surface area contributed by atoms with Gasteiger partial charge in [0.2, 0.25) is 0 Å². The number of benzene rings is 2. The van der Waals surface area contributed by atoms with Gasteiger partial charge < -0.3 is 14.8 Å². The van der Waals surface area contributed by atoms with Crippen LogP contribution in [-0.4, -0.2) is 19.2 Å². The Morgan fingerprint density at radius 3 is 2.52 bits per heavy atom. The van der Waals surface area contributed by atoms with Crippen molar-refractivity contribution in [2.75, 3.05) is 14.2 Å². The molecule has 4 nitrogen and oxygen atoms in total. The van der Waals surface area contributed by atoms with Crippen molar-refractivity contribution in [1.29, 1.82) is 0 Å². The number of hydrogen-bond donors (Lipinski definition) is 1. The van der Waals surface area contributed by atoms with Crippen LogP contribution in [-0.2, 0) is 13.0 Å². The van der Waals surface area contributed by atoms with Crippen LogP contribution in [0.1, 0.15) is 22.9 Å². The molecule has 0 fully saturated rings. The van der Waals surface area contributed by atoms with Crippen LogP contribution < -0.4 is 14.8 Å². The standard InChI is InChI=1S/C20H22N2O2S/c1-23-19-9-8-15(11-20(19)24-2)10-18(16-6-4-3-5-7-16)21-12-17-13-25-14-22-17/h3-9,11,13-14,18,21H,10,12H2,1-2H3. The van der Waals surface area contributed by atoms with E-state index >= 15 is 0 Å². The number of methoxy groups -OCH3 is 2. The minimum atomic E-state index is 0.195. The number of nitrogens with one attached hydrogen (secondary N) is 1. The minimum absolute atomic E-state index is 0.195. The predicted octanol–water partition coefficient (Wildman–Crippen LogP) is 4.23. The van der Waals surface area contributed by atoms with Gasteiger partial charge in [-0.15, -0.1) is 11.3 Å². The SMILES string of the molecule is COc1ccc(CC(NCc2cscn2)c2ccccc2)cc1OC. The van der Waals surface area contributed by atoms with Gasteiger partial charge in [0.1, 0.15) is 0 Å². The average Bonchev–Trinajstić information content (AvgIpc) is 3.19. The Morgan fingerprint density at radius 1 is 1.04 bits per heavy atom. The lowest BCUT2D eigenvalue weighted by atomic mass is 9.98. The van der Waals surface area contributed by atoms with E-state index in [1.807, 2.05) is 23.7 Å². The minimum Gasteiger partial charge on any atom is -0.493 e. The largest absolute Gasteiger partial charge is 0.493 e. The first-order valence-corrected chi connectivity index (χ1v) is 9.10. The summed E-state index contributed by atoms with van der Waals surface area (Å²) in [7, 11) is 3.32. The van der Waals surface area contributed by atoms with Gasteiger partial charge in [-0.1, -0.05) is 36.4 Å². The number of aromatic nitrogens is 1. The van der Waals surface area contributed by atoms with E-state index in [1.54, 1.807) is 25.6 Å². The van der Waals surface area contributed by atoms with E-state index < -0.39 is 0 Å². The molecule has 0 aliphatic heterocycles. The highest BCUT2D eigenvalue weighted by molar-refractivity contribution is 7.07. The molecule has 0 amide bonds. The van der Waals surface area contributed by atoms with Crippen molar-refractivity contribution < 1.29 is 9.47 Å². The van der Waals surface area contributed by atoms with Crippen molar-refractivity contribution in [3.8, 4) is 11.5 Å². The summed E-state index contributed by atoms with van der Waals surface area (Å²) in [5.41, 5.74) is 5.38.